The molecule has 0 saturated heterocycles. The van der Waals surface area contributed by atoms with Gasteiger partial charge in [0.25, 0.3) is 11.8 Å². The van der Waals surface area contributed by atoms with E-state index < -0.39 is 23.2 Å². The van der Waals surface area contributed by atoms with E-state index in [9.17, 15) is 22.8 Å². The van der Waals surface area contributed by atoms with E-state index in [0.717, 1.165) is 6.07 Å². The van der Waals surface area contributed by atoms with Crippen LogP contribution in [-0.4, -0.2) is 17.4 Å². The maximum absolute atomic E-state index is 13.0. The van der Waals surface area contributed by atoms with Gasteiger partial charge in [0.1, 0.15) is 0 Å². The van der Waals surface area contributed by atoms with Crippen LogP contribution in [0.25, 0.3) is 0 Å². The minimum Gasteiger partial charge on any atom is -0.347 e. The SMILES string of the molecule is Cc1ccc(NC(=O)c2ccc(C(=O)NC(C)(C)C)cc2)cc1C(F)(F)F. The maximum Gasteiger partial charge on any atom is 0.416 e. The van der Waals surface area contributed by atoms with Gasteiger partial charge in [0.2, 0.25) is 0 Å². The molecule has 7 heteroatoms. The van der Waals surface area contributed by atoms with Crippen molar-refractivity contribution in [2.24, 2.45) is 0 Å². The van der Waals surface area contributed by atoms with Crippen LogP contribution in [0.1, 0.15) is 52.6 Å². The number of rotatable bonds is 3. The third-order valence-electron chi connectivity index (χ3n) is 3.70. The summed E-state index contributed by atoms with van der Waals surface area (Å²) in [6.45, 7) is 6.91. The zero-order valence-electron chi connectivity index (χ0n) is 15.5. The monoisotopic (exact) mass is 378 g/mol. The molecule has 27 heavy (non-hydrogen) atoms. The topological polar surface area (TPSA) is 58.2 Å². The van der Waals surface area contributed by atoms with E-state index in [1.807, 2.05) is 20.8 Å². The summed E-state index contributed by atoms with van der Waals surface area (Å²) < 4.78 is 38.9. The lowest BCUT2D eigenvalue weighted by atomic mass is 10.1. The molecule has 2 aromatic rings. The molecule has 0 atom stereocenters. The summed E-state index contributed by atoms with van der Waals surface area (Å²) in [6, 6.07) is 9.50. The second-order valence-corrected chi connectivity index (χ2v) is 7.26. The molecule has 0 heterocycles. The number of benzene rings is 2. The summed E-state index contributed by atoms with van der Waals surface area (Å²) in [4.78, 5) is 24.4. The molecule has 2 N–H and O–H groups in total. The third-order valence-corrected chi connectivity index (χ3v) is 3.70. The molecule has 4 nitrogen and oxygen atoms in total. The van der Waals surface area contributed by atoms with E-state index in [4.69, 9.17) is 0 Å². The number of hydrogen-bond donors (Lipinski definition) is 2. The summed E-state index contributed by atoms with van der Waals surface area (Å²) >= 11 is 0. The number of nitrogens with one attached hydrogen (secondary N) is 2. The lowest BCUT2D eigenvalue weighted by molar-refractivity contribution is -0.138. The lowest BCUT2D eigenvalue weighted by Crippen LogP contribution is -2.40. The normalized spacial score (nSPS) is 11.8. The molecule has 0 fully saturated rings. The zero-order valence-corrected chi connectivity index (χ0v) is 15.5. The summed E-state index contributed by atoms with van der Waals surface area (Å²) in [5.74, 6) is -0.836. The van der Waals surface area contributed by atoms with Crippen molar-refractivity contribution in [1.82, 2.24) is 5.32 Å². The van der Waals surface area contributed by atoms with E-state index in [-0.39, 0.29) is 22.7 Å². The molecule has 0 unspecified atom stereocenters. The number of amides is 2. The molecule has 0 aliphatic carbocycles. The van der Waals surface area contributed by atoms with Crippen molar-refractivity contribution in [3.63, 3.8) is 0 Å². The average Bonchev–Trinajstić information content (AvgIpc) is 2.54. The molecule has 0 saturated carbocycles. The highest BCUT2D eigenvalue weighted by Gasteiger charge is 2.32. The molecule has 2 aromatic carbocycles. The second-order valence-electron chi connectivity index (χ2n) is 7.26. The molecule has 0 aromatic heterocycles. The first kappa shape index (κ1) is 20.5. The molecular formula is C20H21F3N2O2. The third kappa shape index (κ3) is 5.57. The highest BCUT2D eigenvalue weighted by atomic mass is 19.4. The Kier molecular flexibility index (Phi) is 5.63. The molecule has 2 amide bonds. The fourth-order valence-electron chi connectivity index (χ4n) is 2.39. The Morgan fingerprint density at radius 2 is 1.37 bits per heavy atom. The number of carbonyl (C=O) groups is 2. The Labute approximate surface area is 155 Å². The maximum atomic E-state index is 13.0. The summed E-state index contributed by atoms with van der Waals surface area (Å²) in [5.41, 5.74) is -0.446. The summed E-state index contributed by atoms with van der Waals surface area (Å²) in [6.07, 6.45) is -4.49. The average molecular weight is 378 g/mol. The molecule has 0 radical (unpaired) electrons. The smallest absolute Gasteiger partial charge is 0.347 e. The van der Waals surface area contributed by atoms with Crippen LogP contribution >= 0.6 is 0 Å². The van der Waals surface area contributed by atoms with E-state index in [2.05, 4.69) is 10.6 Å². The predicted octanol–water partition coefficient (Wildman–Crippen LogP) is 4.79. The van der Waals surface area contributed by atoms with Crippen LogP contribution in [0.5, 0.6) is 0 Å². The van der Waals surface area contributed by atoms with E-state index >= 15 is 0 Å². The van der Waals surface area contributed by atoms with Crippen LogP contribution in [0.2, 0.25) is 0 Å². The Morgan fingerprint density at radius 1 is 0.852 bits per heavy atom. The van der Waals surface area contributed by atoms with Gasteiger partial charge in [-0.25, -0.2) is 0 Å². The molecule has 144 valence electrons. The van der Waals surface area contributed by atoms with Gasteiger partial charge in [0, 0.05) is 22.4 Å². The van der Waals surface area contributed by atoms with Crippen LogP contribution < -0.4 is 10.6 Å². The number of anilines is 1. The van der Waals surface area contributed by atoms with Gasteiger partial charge in [0.05, 0.1) is 5.56 Å². The largest absolute Gasteiger partial charge is 0.416 e. The Balaban J connectivity index is 2.14. The molecule has 2 rings (SSSR count). The first-order chi connectivity index (χ1) is 12.4. The first-order valence-corrected chi connectivity index (χ1v) is 8.28. The van der Waals surface area contributed by atoms with Gasteiger partial charge >= 0.3 is 6.18 Å². The van der Waals surface area contributed by atoms with Crippen molar-refractivity contribution in [1.29, 1.82) is 0 Å². The fourth-order valence-corrected chi connectivity index (χ4v) is 2.39. The van der Waals surface area contributed by atoms with Gasteiger partial charge < -0.3 is 10.6 Å². The lowest BCUT2D eigenvalue weighted by Gasteiger charge is -2.20. The van der Waals surface area contributed by atoms with Gasteiger partial charge in [-0.15, -0.1) is 0 Å². The molecule has 0 aliphatic rings. The van der Waals surface area contributed by atoms with Gasteiger partial charge in [-0.05, 0) is 69.7 Å². The van der Waals surface area contributed by atoms with Crippen LogP contribution in [0, 0.1) is 6.92 Å². The van der Waals surface area contributed by atoms with Crippen molar-refractivity contribution in [3.05, 3.63) is 64.7 Å². The second kappa shape index (κ2) is 7.42. The van der Waals surface area contributed by atoms with Crippen molar-refractivity contribution in [3.8, 4) is 0 Å². The molecule has 0 bridgehead atoms. The van der Waals surface area contributed by atoms with E-state index in [0.29, 0.717) is 5.56 Å². The van der Waals surface area contributed by atoms with Crippen molar-refractivity contribution in [2.45, 2.75) is 39.4 Å². The highest BCUT2D eigenvalue weighted by Crippen LogP contribution is 2.33. The van der Waals surface area contributed by atoms with E-state index in [1.165, 1.54) is 43.3 Å². The number of alkyl halides is 3. The minimum absolute atomic E-state index is 0.0486. The number of halogens is 3. The Hall–Kier alpha value is -2.83. The number of aryl methyl sites for hydroxylation is 1. The van der Waals surface area contributed by atoms with Gasteiger partial charge in [-0.1, -0.05) is 6.07 Å². The van der Waals surface area contributed by atoms with Crippen molar-refractivity contribution < 1.29 is 22.8 Å². The van der Waals surface area contributed by atoms with Gasteiger partial charge in [-0.2, -0.15) is 13.2 Å². The highest BCUT2D eigenvalue weighted by molar-refractivity contribution is 6.05. The zero-order chi connectivity index (χ0) is 20.4. The minimum atomic E-state index is -4.49. The molecular weight excluding hydrogens is 357 g/mol. The van der Waals surface area contributed by atoms with Crippen LogP contribution in [0.3, 0.4) is 0 Å². The number of carbonyl (C=O) groups excluding carboxylic acids is 2. The van der Waals surface area contributed by atoms with Crippen LogP contribution in [0.4, 0.5) is 18.9 Å². The van der Waals surface area contributed by atoms with Crippen LogP contribution in [0.15, 0.2) is 42.5 Å². The summed E-state index contributed by atoms with van der Waals surface area (Å²) in [5, 5.41) is 5.25. The predicted molar refractivity (Wildman–Crippen MR) is 97.8 cm³/mol. The quantitative estimate of drug-likeness (QED) is 0.806. The standard InChI is InChI=1S/C20H21F3N2O2/c1-12-5-10-15(11-16(12)20(21,22)23)24-17(26)13-6-8-14(9-7-13)18(27)25-19(2,3)4/h5-11H,1-4H3,(H,24,26)(H,25,27). The van der Waals surface area contributed by atoms with E-state index in [1.54, 1.807) is 0 Å². The van der Waals surface area contributed by atoms with Crippen LogP contribution in [-0.2, 0) is 6.18 Å². The Bertz CT molecular complexity index is 851. The summed E-state index contributed by atoms with van der Waals surface area (Å²) in [7, 11) is 0. The Morgan fingerprint density at radius 3 is 1.85 bits per heavy atom. The fraction of sp³-hybridized carbons (Fsp3) is 0.300. The molecule has 0 aliphatic heterocycles. The van der Waals surface area contributed by atoms with Crippen molar-refractivity contribution >= 4 is 17.5 Å². The van der Waals surface area contributed by atoms with Crippen molar-refractivity contribution in [2.75, 3.05) is 5.32 Å². The van der Waals surface area contributed by atoms with Gasteiger partial charge in [0.15, 0.2) is 0 Å². The van der Waals surface area contributed by atoms with Gasteiger partial charge in [-0.3, -0.25) is 9.59 Å². The molecule has 0 spiro atoms. The first-order valence-electron chi connectivity index (χ1n) is 8.28. The number of hydrogen-bond acceptors (Lipinski definition) is 2.